The van der Waals surface area contributed by atoms with E-state index in [4.69, 9.17) is 4.74 Å². The Labute approximate surface area is 70.1 Å². The van der Waals surface area contributed by atoms with Gasteiger partial charge in [0.2, 0.25) is 0 Å². The smallest absolute Gasteiger partial charge is 0.0607 e. The summed E-state index contributed by atoms with van der Waals surface area (Å²) in [5.41, 5.74) is 0.0449. The lowest BCUT2D eigenvalue weighted by Crippen LogP contribution is -2.28. The molecule has 1 nitrogen and oxygen atoms in total. The lowest BCUT2D eigenvalue weighted by molar-refractivity contribution is -0.0721. The third-order valence-electron chi connectivity index (χ3n) is 2.29. The second-order valence-corrected chi connectivity index (χ2v) is 4.68. The molecule has 66 valence electrons. The average Bonchev–Trinajstić information content (AvgIpc) is 2.12. The van der Waals surface area contributed by atoms with Gasteiger partial charge in [0.05, 0.1) is 11.7 Å². The lowest BCUT2D eigenvalue weighted by Gasteiger charge is -2.27. The summed E-state index contributed by atoms with van der Waals surface area (Å²) >= 11 is 0. The predicted molar refractivity (Wildman–Crippen MR) is 47.6 cm³/mol. The number of ether oxygens (including phenoxy) is 1. The summed E-state index contributed by atoms with van der Waals surface area (Å²) in [6.45, 7) is 8.71. The van der Waals surface area contributed by atoms with Gasteiger partial charge in [0.25, 0.3) is 0 Å². The first kappa shape index (κ1) is 9.05. The lowest BCUT2D eigenvalue weighted by atomic mass is 10.1. The zero-order chi connectivity index (χ0) is 8.48. The first-order chi connectivity index (χ1) is 4.99. The topological polar surface area (TPSA) is 9.23 Å². The molecule has 0 heterocycles. The zero-order valence-corrected chi connectivity index (χ0v) is 8.18. The quantitative estimate of drug-likeness (QED) is 0.567. The van der Waals surface area contributed by atoms with E-state index in [1.54, 1.807) is 0 Å². The van der Waals surface area contributed by atoms with E-state index < -0.39 is 0 Å². The van der Waals surface area contributed by atoms with Gasteiger partial charge in [0.1, 0.15) is 0 Å². The second kappa shape index (κ2) is 3.14. The fourth-order valence-corrected chi connectivity index (χ4v) is 1.74. The van der Waals surface area contributed by atoms with E-state index >= 15 is 0 Å². The largest absolute Gasteiger partial charge is 0.372 e. The van der Waals surface area contributed by atoms with Crippen LogP contribution < -0.4 is 0 Å². The van der Waals surface area contributed by atoms with Crippen LogP contribution in [-0.2, 0) is 4.74 Å². The van der Waals surface area contributed by atoms with Crippen molar-refractivity contribution in [2.45, 2.75) is 58.7 Å². The molecule has 1 aliphatic rings. The SMILES string of the molecule is CC1CCCC1OC(C)(C)C. The van der Waals surface area contributed by atoms with Gasteiger partial charge in [0.15, 0.2) is 0 Å². The normalized spacial score (nSPS) is 32.7. The van der Waals surface area contributed by atoms with Gasteiger partial charge in [-0.05, 0) is 39.5 Å². The second-order valence-electron chi connectivity index (χ2n) is 4.68. The summed E-state index contributed by atoms with van der Waals surface area (Å²) in [4.78, 5) is 0. The number of hydrogen-bond donors (Lipinski definition) is 0. The monoisotopic (exact) mass is 156 g/mol. The standard InChI is InChI=1S/C10H20O/c1-8-6-5-7-9(8)11-10(2,3)4/h8-9H,5-7H2,1-4H3. The predicted octanol–water partition coefficient (Wildman–Crippen LogP) is 2.99. The molecular formula is C10H20O. The zero-order valence-electron chi connectivity index (χ0n) is 8.18. The summed E-state index contributed by atoms with van der Waals surface area (Å²) in [7, 11) is 0. The summed E-state index contributed by atoms with van der Waals surface area (Å²) < 4.78 is 5.91. The minimum absolute atomic E-state index is 0.0449. The Morgan fingerprint density at radius 3 is 2.18 bits per heavy atom. The molecule has 0 aromatic carbocycles. The fraction of sp³-hybridized carbons (Fsp3) is 1.00. The molecule has 0 aromatic heterocycles. The highest BCUT2D eigenvalue weighted by Crippen LogP contribution is 2.30. The molecule has 1 saturated carbocycles. The van der Waals surface area contributed by atoms with E-state index in [2.05, 4.69) is 27.7 Å². The van der Waals surface area contributed by atoms with Gasteiger partial charge in [-0.1, -0.05) is 13.3 Å². The molecule has 0 radical (unpaired) electrons. The maximum Gasteiger partial charge on any atom is 0.0607 e. The highest BCUT2D eigenvalue weighted by atomic mass is 16.5. The van der Waals surface area contributed by atoms with Crippen molar-refractivity contribution in [2.75, 3.05) is 0 Å². The number of rotatable bonds is 1. The third-order valence-corrected chi connectivity index (χ3v) is 2.29. The van der Waals surface area contributed by atoms with Crippen molar-refractivity contribution in [3.05, 3.63) is 0 Å². The molecule has 0 bridgehead atoms. The van der Waals surface area contributed by atoms with E-state index in [1.165, 1.54) is 19.3 Å². The van der Waals surface area contributed by atoms with Gasteiger partial charge in [-0.2, -0.15) is 0 Å². The Balaban J connectivity index is 2.37. The van der Waals surface area contributed by atoms with E-state index in [0.29, 0.717) is 6.10 Å². The molecule has 2 atom stereocenters. The van der Waals surface area contributed by atoms with Crippen molar-refractivity contribution < 1.29 is 4.74 Å². The highest BCUT2D eigenvalue weighted by molar-refractivity contribution is 4.77. The minimum Gasteiger partial charge on any atom is -0.372 e. The molecule has 1 aliphatic carbocycles. The molecule has 1 fully saturated rings. The molecule has 0 amide bonds. The van der Waals surface area contributed by atoms with Crippen LogP contribution in [0.4, 0.5) is 0 Å². The van der Waals surface area contributed by atoms with E-state index in [9.17, 15) is 0 Å². The van der Waals surface area contributed by atoms with Crippen LogP contribution in [0.3, 0.4) is 0 Å². The summed E-state index contributed by atoms with van der Waals surface area (Å²) in [5, 5.41) is 0. The van der Waals surface area contributed by atoms with Crippen LogP contribution in [0.5, 0.6) is 0 Å². The Bertz CT molecular complexity index is 123. The molecule has 0 N–H and O–H groups in total. The van der Waals surface area contributed by atoms with Crippen LogP contribution in [0.15, 0.2) is 0 Å². The first-order valence-electron chi connectivity index (χ1n) is 4.67. The molecule has 2 unspecified atom stereocenters. The van der Waals surface area contributed by atoms with E-state index in [-0.39, 0.29) is 5.60 Å². The molecular weight excluding hydrogens is 136 g/mol. The average molecular weight is 156 g/mol. The summed E-state index contributed by atoms with van der Waals surface area (Å²) in [6.07, 6.45) is 4.48. The molecule has 0 spiro atoms. The first-order valence-corrected chi connectivity index (χ1v) is 4.67. The minimum atomic E-state index is 0.0449. The van der Waals surface area contributed by atoms with Gasteiger partial charge < -0.3 is 4.74 Å². The van der Waals surface area contributed by atoms with Crippen LogP contribution in [0.25, 0.3) is 0 Å². The van der Waals surface area contributed by atoms with Crippen molar-refractivity contribution in [1.29, 1.82) is 0 Å². The number of hydrogen-bond acceptors (Lipinski definition) is 1. The molecule has 1 rings (SSSR count). The summed E-state index contributed by atoms with van der Waals surface area (Å²) in [6, 6.07) is 0. The van der Waals surface area contributed by atoms with Crippen LogP contribution >= 0.6 is 0 Å². The molecule has 0 aliphatic heterocycles. The Morgan fingerprint density at radius 2 is 1.82 bits per heavy atom. The highest BCUT2D eigenvalue weighted by Gasteiger charge is 2.27. The van der Waals surface area contributed by atoms with Crippen LogP contribution in [-0.4, -0.2) is 11.7 Å². The van der Waals surface area contributed by atoms with Crippen molar-refractivity contribution >= 4 is 0 Å². The van der Waals surface area contributed by atoms with Gasteiger partial charge in [-0.15, -0.1) is 0 Å². The maximum absolute atomic E-state index is 5.91. The molecule has 0 aromatic rings. The van der Waals surface area contributed by atoms with Gasteiger partial charge >= 0.3 is 0 Å². The van der Waals surface area contributed by atoms with Crippen LogP contribution in [0.1, 0.15) is 47.0 Å². The molecule has 11 heavy (non-hydrogen) atoms. The fourth-order valence-electron chi connectivity index (χ4n) is 1.74. The Morgan fingerprint density at radius 1 is 1.18 bits per heavy atom. The Hall–Kier alpha value is -0.0400. The van der Waals surface area contributed by atoms with Crippen LogP contribution in [0.2, 0.25) is 0 Å². The Kier molecular flexibility index (Phi) is 2.58. The van der Waals surface area contributed by atoms with Gasteiger partial charge in [-0.25, -0.2) is 0 Å². The molecule has 0 saturated heterocycles. The van der Waals surface area contributed by atoms with E-state index in [0.717, 1.165) is 5.92 Å². The van der Waals surface area contributed by atoms with Crippen molar-refractivity contribution in [1.82, 2.24) is 0 Å². The van der Waals surface area contributed by atoms with Crippen molar-refractivity contribution in [3.63, 3.8) is 0 Å². The van der Waals surface area contributed by atoms with E-state index in [1.807, 2.05) is 0 Å². The van der Waals surface area contributed by atoms with Gasteiger partial charge in [0, 0.05) is 0 Å². The third kappa shape index (κ3) is 2.82. The van der Waals surface area contributed by atoms with Crippen molar-refractivity contribution in [2.24, 2.45) is 5.92 Å². The van der Waals surface area contributed by atoms with Gasteiger partial charge in [-0.3, -0.25) is 0 Å². The van der Waals surface area contributed by atoms with Crippen LogP contribution in [0, 0.1) is 5.92 Å². The molecule has 1 heteroatoms. The maximum atomic E-state index is 5.91. The van der Waals surface area contributed by atoms with Crippen molar-refractivity contribution in [3.8, 4) is 0 Å². The summed E-state index contributed by atoms with van der Waals surface area (Å²) in [5.74, 6) is 0.772.